The number of hydrogen-bond acceptors (Lipinski definition) is 4. The molecule has 0 bridgehead atoms. The van der Waals surface area contributed by atoms with Gasteiger partial charge < -0.3 is 20.9 Å². The summed E-state index contributed by atoms with van der Waals surface area (Å²) in [5, 5.41) is 4.40. The van der Waals surface area contributed by atoms with Crippen LogP contribution in [-0.2, 0) is 6.54 Å². The fraction of sp³-hybridized carbons (Fsp3) is 0.400. The lowest BCUT2D eigenvalue weighted by Gasteiger charge is -2.34. The summed E-state index contributed by atoms with van der Waals surface area (Å²) in [6.07, 6.45) is 1.83. The number of halogens is 3. The Morgan fingerprint density at radius 1 is 1.24 bits per heavy atom. The van der Waals surface area contributed by atoms with Crippen molar-refractivity contribution in [1.82, 2.24) is 15.2 Å². The fourth-order valence-electron chi connectivity index (χ4n) is 3.22. The van der Waals surface area contributed by atoms with Crippen molar-refractivity contribution in [1.29, 1.82) is 0 Å². The van der Waals surface area contributed by atoms with E-state index in [0.29, 0.717) is 22.5 Å². The lowest BCUT2D eigenvalue weighted by Crippen LogP contribution is -2.45. The number of guanidine groups is 1. The smallest absolute Gasteiger partial charge is 0.189 e. The predicted octanol–water partition coefficient (Wildman–Crippen LogP) is 3.92. The van der Waals surface area contributed by atoms with Crippen LogP contribution in [0.4, 0.5) is 5.82 Å². The van der Waals surface area contributed by atoms with Crippen molar-refractivity contribution in [2.75, 3.05) is 38.1 Å². The molecule has 2 heterocycles. The number of benzene rings is 1. The maximum absolute atomic E-state index is 6.28. The molecule has 1 saturated heterocycles. The number of likely N-dealkylation sites (N-methyl/N-ethyl adjacent to an activating group) is 1. The second kappa shape index (κ2) is 11.2. The largest absolute Gasteiger partial charge is 0.370 e. The fourth-order valence-corrected chi connectivity index (χ4v) is 3.80. The molecule has 0 amide bonds. The van der Waals surface area contributed by atoms with Crippen LogP contribution in [0.2, 0.25) is 10.0 Å². The Morgan fingerprint density at radius 2 is 1.97 bits per heavy atom. The van der Waals surface area contributed by atoms with Gasteiger partial charge in [-0.3, -0.25) is 0 Å². The molecule has 2 aromatic rings. The van der Waals surface area contributed by atoms with Gasteiger partial charge in [-0.05, 0) is 37.7 Å². The number of piperazine rings is 1. The lowest BCUT2D eigenvalue weighted by molar-refractivity contribution is 0.312. The molecule has 9 heteroatoms. The van der Waals surface area contributed by atoms with E-state index in [1.54, 1.807) is 6.07 Å². The minimum absolute atomic E-state index is 0. The van der Waals surface area contributed by atoms with Gasteiger partial charge >= 0.3 is 0 Å². The quantitative estimate of drug-likeness (QED) is 0.337. The van der Waals surface area contributed by atoms with Gasteiger partial charge in [0.2, 0.25) is 0 Å². The monoisotopic (exact) mass is 548 g/mol. The van der Waals surface area contributed by atoms with E-state index in [1.165, 1.54) is 0 Å². The van der Waals surface area contributed by atoms with Crippen LogP contribution in [0, 0.1) is 0 Å². The minimum Gasteiger partial charge on any atom is -0.370 e. The number of rotatable bonds is 5. The zero-order chi connectivity index (χ0) is 20.1. The van der Waals surface area contributed by atoms with Gasteiger partial charge in [0.15, 0.2) is 5.96 Å². The topological polar surface area (TPSA) is 69.8 Å². The highest BCUT2D eigenvalue weighted by Crippen LogP contribution is 2.26. The van der Waals surface area contributed by atoms with E-state index < -0.39 is 0 Å². The summed E-state index contributed by atoms with van der Waals surface area (Å²) in [6, 6.07) is 9.33. The van der Waals surface area contributed by atoms with Crippen LogP contribution in [0.1, 0.15) is 24.1 Å². The maximum Gasteiger partial charge on any atom is 0.189 e. The molecule has 1 fully saturated rings. The lowest BCUT2D eigenvalue weighted by atomic mass is 10.1. The molecule has 6 nitrogen and oxygen atoms in total. The first kappa shape index (κ1) is 24.0. The van der Waals surface area contributed by atoms with Gasteiger partial charge in [-0.25, -0.2) is 9.98 Å². The Kier molecular flexibility index (Phi) is 9.26. The number of aromatic nitrogens is 1. The van der Waals surface area contributed by atoms with Crippen LogP contribution in [0.15, 0.2) is 41.5 Å². The summed E-state index contributed by atoms with van der Waals surface area (Å²) < 4.78 is 0. The minimum atomic E-state index is -0.0838. The number of hydrogen-bond donors (Lipinski definition) is 2. The summed E-state index contributed by atoms with van der Waals surface area (Å²) in [4.78, 5) is 13.7. The van der Waals surface area contributed by atoms with Crippen LogP contribution >= 0.6 is 47.2 Å². The Labute approximate surface area is 199 Å². The van der Waals surface area contributed by atoms with Crippen molar-refractivity contribution in [2.45, 2.75) is 19.5 Å². The molecule has 0 spiro atoms. The molecule has 3 N–H and O–H groups in total. The van der Waals surface area contributed by atoms with Crippen LogP contribution in [0.25, 0.3) is 0 Å². The van der Waals surface area contributed by atoms with Gasteiger partial charge in [-0.1, -0.05) is 35.3 Å². The molecule has 0 aliphatic carbocycles. The van der Waals surface area contributed by atoms with E-state index in [9.17, 15) is 0 Å². The Bertz CT molecular complexity index is 839. The highest BCUT2D eigenvalue weighted by atomic mass is 127. The summed E-state index contributed by atoms with van der Waals surface area (Å²) in [5.41, 5.74) is 8.10. The first-order valence-corrected chi connectivity index (χ1v) is 10.1. The maximum atomic E-state index is 6.28. The number of aliphatic imine (C=N–C) groups is 1. The molecular formula is C20H27Cl2IN6. The number of anilines is 1. The Balaban J connectivity index is 0.00000300. The molecule has 0 saturated carbocycles. The number of pyridine rings is 1. The van der Waals surface area contributed by atoms with Crippen molar-refractivity contribution < 1.29 is 0 Å². The van der Waals surface area contributed by atoms with Crippen molar-refractivity contribution >= 4 is 59.0 Å². The molecule has 29 heavy (non-hydrogen) atoms. The third kappa shape index (κ3) is 6.60. The number of nitrogens with two attached hydrogens (primary N) is 1. The predicted molar refractivity (Wildman–Crippen MR) is 133 cm³/mol. The number of nitrogens with zero attached hydrogens (tertiary/aromatic N) is 4. The third-order valence-corrected chi connectivity index (χ3v) is 5.45. The van der Waals surface area contributed by atoms with E-state index in [4.69, 9.17) is 28.9 Å². The van der Waals surface area contributed by atoms with Gasteiger partial charge in [-0.15, -0.1) is 24.0 Å². The molecule has 1 aromatic heterocycles. The van der Waals surface area contributed by atoms with Crippen LogP contribution < -0.4 is 16.0 Å². The Hall–Kier alpha value is -1.29. The standard InChI is InChI=1S/C20H26Cl2N6.HI/c1-14(17-6-5-16(21)12-18(17)22)26-20(23)25-13-15-4-3-7-24-19(15)28-10-8-27(2)9-11-28;/h3-7,12,14H,8-11,13H2,1-2H3,(H3,23,25,26);1H. The van der Waals surface area contributed by atoms with E-state index in [0.717, 1.165) is 43.1 Å². The van der Waals surface area contributed by atoms with Crippen LogP contribution in [0.5, 0.6) is 0 Å². The third-order valence-electron chi connectivity index (χ3n) is 4.88. The zero-order valence-electron chi connectivity index (χ0n) is 16.6. The Morgan fingerprint density at radius 3 is 2.66 bits per heavy atom. The highest BCUT2D eigenvalue weighted by molar-refractivity contribution is 14.0. The molecule has 1 unspecified atom stereocenters. The molecule has 0 radical (unpaired) electrons. The van der Waals surface area contributed by atoms with Gasteiger partial charge in [0, 0.05) is 48.0 Å². The van der Waals surface area contributed by atoms with Gasteiger partial charge in [0.1, 0.15) is 5.82 Å². The first-order valence-electron chi connectivity index (χ1n) is 9.33. The molecule has 3 rings (SSSR count). The molecule has 1 aliphatic rings. The summed E-state index contributed by atoms with van der Waals surface area (Å²) >= 11 is 12.2. The van der Waals surface area contributed by atoms with E-state index in [-0.39, 0.29) is 30.0 Å². The molecule has 1 aromatic carbocycles. The van der Waals surface area contributed by atoms with E-state index in [1.807, 2.05) is 31.3 Å². The van der Waals surface area contributed by atoms with Crippen LogP contribution in [-0.4, -0.2) is 49.1 Å². The van der Waals surface area contributed by atoms with Crippen molar-refractivity contribution in [3.63, 3.8) is 0 Å². The molecular weight excluding hydrogens is 522 g/mol. The molecule has 1 atom stereocenters. The zero-order valence-corrected chi connectivity index (χ0v) is 20.4. The van der Waals surface area contributed by atoms with Crippen LogP contribution in [0.3, 0.4) is 0 Å². The van der Waals surface area contributed by atoms with Crippen molar-refractivity contribution in [2.24, 2.45) is 10.7 Å². The van der Waals surface area contributed by atoms with Crippen molar-refractivity contribution in [3.05, 3.63) is 57.7 Å². The van der Waals surface area contributed by atoms with Gasteiger partial charge in [0.25, 0.3) is 0 Å². The van der Waals surface area contributed by atoms with Gasteiger partial charge in [0.05, 0.1) is 12.6 Å². The first-order chi connectivity index (χ1) is 13.4. The average Bonchev–Trinajstić information content (AvgIpc) is 2.67. The molecule has 1 aliphatic heterocycles. The van der Waals surface area contributed by atoms with E-state index in [2.05, 4.69) is 38.2 Å². The second-order valence-corrected chi connectivity index (χ2v) is 7.85. The summed E-state index contributed by atoms with van der Waals surface area (Å²) in [7, 11) is 2.14. The normalized spacial score (nSPS) is 16.3. The summed E-state index contributed by atoms with van der Waals surface area (Å²) in [6.45, 7) is 6.44. The molecule has 158 valence electrons. The van der Waals surface area contributed by atoms with Crippen molar-refractivity contribution in [3.8, 4) is 0 Å². The van der Waals surface area contributed by atoms with Gasteiger partial charge in [-0.2, -0.15) is 0 Å². The highest BCUT2D eigenvalue weighted by Gasteiger charge is 2.18. The number of nitrogens with one attached hydrogen (secondary N) is 1. The SMILES string of the molecule is CC(NC(N)=NCc1cccnc1N1CCN(C)CC1)c1ccc(Cl)cc1Cl.I. The average molecular weight is 549 g/mol. The van der Waals surface area contributed by atoms with E-state index >= 15 is 0 Å². The second-order valence-electron chi connectivity index (χ2n) is 7.01. The summed E-state index contributed by atoms with van der Waals surface area (Å²) in [5.74, 6) is 1.35.